The van der Waals surface area contributed by atoms with Crippen LogP contribution in [0.25, 0.3) is 11.1 Å². The molecule has 0 aromatic heterocycles. The van der Waals surface area contributed by atoms with E-state index in [9.17, 15) is 34.8 Å². The number of likely N-dealkylation sites (tertiary alicyclic amines) is 1. The molecule has 202 valence electrons. The molecule has 1 heterocycles. The summed E-state index contributed by atoms with van der Waals surface area (Å²) in [6.45, 7) is 3.07. The number of primary amides is 1. The van der Waals surface area contributed by atoms with Gasteiger partial charge >= 0.3 is 0 Å². The number of carbonyl (C=O) groups excluding carboxylic acids is 3. The van der Waals surface area contributed by atoms with Crippen molar-refractivity contribution >= 4 is 17.5 Å². The predicted molar refractivity (Wildman–Crippen MR) is 141 cm³/mol. The molecule has 3 aliphatic carbocycles. The molecule has 6 N–H and O–H groups in total. The van der Waals surface area contributed by atoms with Gasteiger partial charge in [-0.3, -0.25) is 19.3 Å². The minimum atomic E-state index is -2.56. The highest BCUT2D eigenvalue weighted by Crippen LogP contribution is 2.52. The van der Waals surface area contributed by atoms with Crippen LogP contribution in [0.15, 0.2) is 59.1 Å². The van der Waals surface area contributed by atoms with Gasteiger partial charge in [0.05, 0.1) is 5.56 Å². The number of phenols is 1. The van der Waals surface area contributed by atoms with E-state index in [-0.39, 0.29) is 36.1 Å². The average Bonchev–Trinajstić information content (AvgIpc) is 3.40. The molecule has 9 nitrogen and oxygen atoms in total. The lowest BCUT2D eigenvalue weighted by Crippen LogP contribution is -2.57. The van der Waals surface area contributed by atoms with E-state index in [4.69, 9.17) is 5.73 Å². The number of hydrogen-bond donors (Lipinski definition) is 5. The molecule has 6 rings (SSSR count). The molecular weight excluding hydrogens is 500 g/mol. The Labute approximate surface area is 224 Å². The molecule has 1 saturated heterocycles. The highest BCUT2D eigenvalue weighted by atomic mass is 16.3. The molecule has 0 bridgehead atoms. The topological polar surface area (TPSA) is 161 Å². The molecular formula is C30H30N2O7. The van der Waals surface area contributed by atoms with E-state index >= 15 is 0 Å². The van der Waals surface area contributed by atoms with Crippen LogP contribution in [0.5, 0.6) is 5.75 Å². The van der Waals surface area contributed by atoms with E-state index in [1.165, 1.54) is 24.5 Å². The molecule has 1 fully saturated rings. The first kappa shape index (κ1) is 25.3. The van der Waals surface area contributed by atoms with E-state index in [2.05, 4.69) is 17.0 Å². The number of aromatic hydroxyl groups is 1. The van der Waals surface area contributed by atoms with E-state index in [0.717, 1.165) is 30.8 Å². The van der Waals surface area contributed by atoms with Gasteiger partial charge in [0.25, 0.3) is 5.91 Å². The van der Waals surface area contributed by atoms with E-state index in [1.807, 2.05) is 12.1 Å². The number of carbonyl (C=O) groups is 3. The van der Waals surface area contributed by atoms with Gasteiger partial charge in [-0.2, -0.15) is 0 Å². The maximum Gasteiger partial charge on any atom is 0.255 e. The lowest BCUT2D eigenvalue weighted by atomic mass is 9.60. The number of rotatable bonds is 4. The van der Waals surface area contributed by atoms with Crippen molar-refractivity contribution in [1.29, 1.82) is 0 Å². The molecule has 4 aliphatic rings. The first-order valence-electron chi connectivity index (χ1n) is 13.2. The number of allylic oxidation sites excluding steroid dienone is 2. The standard InChI is InChI=1S/C30H30N2O7/c31-29(38)25-22(34)13-18-11-17-12-20-19(16-5-3-15(4-6-16)14-32-9-1-2-10-32)7-8-21(33)24(20)26(35)23(17)27(36)30(18,39)28(25)37/h3-8,17-18,33-34,36,39H,1-2,9-14H2,(H2,31,38)/t17-,18+,30?/m1/s1. The lowest BCUT2D eigenvalue weighted by molar-refractivity contribution is -0.144. The normalized spacial score (nSPS) is 26.9. The maximum absolute atomic E-state index is 13.8. The molecule has 0 saturated carbocycles. The molecule has 3 atom stereocenters. The van der Waals surface area contributed by atoms with Crippen molar-refractivity contribution in [3.05, 3.63) is 75.8 Å². The van der Waals surface area contributed by atoms with E-state index < -0.39 is 52.0 Å². The summed E-state index contributed by atoms with van der Waals surface area (Å²) in [5.41, 5.74) is 5.25. The number of nitrogens with zero attached hydrogens (tertiary/aromatic N) is 1. The fourth-order valence-electron chi connectivity index (χ4n) is 6.88. The zero-order valence-corrected chi connectivity index (χ0v) is 21.3. The SMILES string of the molecule is NC(=O)C1=C(O)C[C@@H]2C[C@@H]3Cc4c(-c5ccc(CN6CCCC6)cc5)ccc(O)c4C(=O)C3=C(O)C2(O)C1=O. The van der Waals surface area contributed by atoms with Gasteiger partial charge in [-0.05, 0) is 73.0 Å². The summed E-state index contributed by atoms with van der Waals surface area (Å²) in [7, 11) is 0. The van der Waals surface area contributed by atoms with Gasteiger partial charge in [-0.15, -0.1) is 0 Å². The number of aliphatic hydroxyl groups excluding tert-OH is 2. The monoisotopic (exact) mass is 530 g/mol. The first-order chi connectivity index (χ1) is 18.6. The molecule has 0 spiro atoms. The second-order valence-corrected chi connectivity index (χ2v) is 11.1. The van der Waals surface area contributed by atoms with E-state index in [1.54, 1.807) is 6.07 Å². The van der Waals surface area contributed by atoms with Crippen LogP contribution in [-0.4, -0.2) is 61.5 Å². The van der Waals surface area contributed by atoms with Gasteiger partial charge in [-0.25, -0.2) is 0 Å². The number of amides is 1. The van der Waals surface area contributed by atoms with Gasteiger partial charge < -0.3 is 26.2 Å². The first-order valence-corrected chi connectivity index (χ1v) is 13.2. The largest absolute Gasteiger partial charge is 0.511 e. The summed E-state index contributed by atoms with van der Waals surface area (Å²) in [5, 5.41) is 43.6. The highest BCUT2D eigenvalue weighted by Gasteiger charge is 2.59. The lowest BCUT2D eigenvalue weighted by Gasteiger charge is -2.45. The maximum atomic E-state index is 13.8. The number of fused-ring (bicyclic) bond motifs is 3. The smallest absolute Gasteiger partial charge is 0.255 e. The molecule has 1 unspecified atom stereocenters. The third-order valence-corrected chi connectivity index (χ3v) is 8.82. The van der Waals surface area contributed by atoms with Crippen molar-refractivity contribution in [2.75, 3.05) is 13.1 Å². The summed E-state index contributed by atoms with van der Waals surface area (Å²) in [6, 6.07) is 11.3. The Hall–Kier alpha value is -3.95. The van der Waals surface area contributed by atoms with Crippen LogP contribution < -0.4 is 5.73 Å². The average molecular weight is 531 g/mol. The van der Waals surface area contributed by atoms with Crippen molar-refractivity contribution in [3.63, 3.8) is 0 Å². The van der Waals surface area contributed by atoms with Gasteiger partial charge in [0.1, 0.15) is 22.8 Å². The Bertz CT molecular complexity index is 1480. The molecule has 1 aliphatic heterocycles. The molecule has 39 heavy (non-hydrogen) atoms. The molecule has 1 amide bonds. The zero-order valence-electron chi connectivity index (χ0n) is 21.3. The Kier molecular flexibility index (Phi) is 5.89. The number of Topliss-reactive ketones (excluding diaryl/α,β-unsaturated/α-hetero) is 2. The van der Waals surface area contributed by atoms with Gasteiger partial charge in [0.15, 0.2) is 11.4 Å². The fraction of sp³-hybridized carbons (Fsp3) is 0.367. The molecule has 0 radical (unpaired) electrons. The molecule has 2 aromatic rings. The van der Waals surface area contributed by atoms with Crippen molar-refractivity contribution < 1.29 is 34.8 Å². The minimum Gasteiger partial charge on any atom is -0.511 e. The van der Waals surface area contributed by atoms with Crippen LogP contribution in [0.4, 0.5) is 0 Å². The van der Waals surface area contributed by atoms with Crippen LogP contribution in [-0.2, 0) is 22.6 Å². The number of phenolic OH excluding ortho intramolecular Hbond substituents is 1. The predicted octanol–water partition coefficient (Wildman–Crippen LogP) is 2.84. The Balaban J connectivity index is 1.40. The van der Waals surface area contributed by atoms with Crippen LogP contribution >= 0.6 is 0 Å². The zero-order chi connectivity index (χ0) is 27.6. The van der Waals surface area contributed by atoms with Gasteiger partial charge in [0, 0.05) is 24.5 Å². The summed E-state index contributed by atoms with van der Waals surface area (Å²) >= 11 is 0. The third-order valence-electron chi connectivity index (χ3n) is 8.82. The van der Waals surface area contributed by atoms with Gasteiger partial charge in [0.2, 0.25) is 5.78 Å². The summed E-state index contributed by atoms with van der Waals surface area (Å²) in [4.78, 5) is 41.1. The van der Waals surface area contributed by atoms with Crippen molar-refractivity contribution in [1.82, 2.24) is 4.90 Å². The quantitative estimate of drug-likeness (QED) is 0.377. The van der Waals surface area contributed by atoms with Crippen molar-refractivity contribution in [3.8, 4) is 16.9 Å². The van der Waals surface area contributed by atoms with E-state index in [0.29, 0.717) is 5.56 Å². The summed E-state index contributed by atoms with van der Waals surface area (Å²) < 4.78 is 0. The van der Waals surface area contributed by atoms with Crippen LogP contribution in [0.3, 0.4) is 0 Å². The van der Waals surface area contributed by atoms with Gasteiger partial charge in [-0.1, -0.05) is 30.3 Å². The summed E-state index contributed by atoms with van der Waals surface area (Å²) in [6.07, 6.45) is 2.56. The molecule has 9 heteroatoms. The Morgan fingerprint density at radius 1 is 1.00 bits per heavy atom. The van der Waals surface area contributed by atoms with Crippen molar-refractivity contribution in [2.24, 2.45) is 17.6 Å². The fourth-order valence-corrected chi connectivity index (χ4v) is 6.88. The number of ketones is 2. The second kappa shape index (κ2) is 9.07. The second-order valence-electron chi connectivity index (χ2n) is 11.1. The summed E-state index contributed by atoms with van der Waals surface area (Å²) in [5.74, 6) is -6.29. The Morgan fingerprint density at radius 3 is 2.36 bits per heavy atom. The van der Waals surface area contributed by atoms with Crippen LogP contribution in [0.2, 0.25) is 0 Å². The van der Waals surface area contributed by atoms with Crippen LogP contribution in [0, 0.1) is 11.8 Å². The van der Waals surface area contributed by atoms with Crippen molar-refractivity contribution in [2.45, 2.75) is 44.2 Å². The third kappa shape index (κ3) is 3.79. The van der Waals surface area contributed by atoms with Crippen LogP contribution in [0.1, 0.15) is 47.2 Å². The Morgan fingerprint density at radius 2 is 1.69 bits per heavy atom. The molecule has 2 aromatic carbocycles. The number of benzene rings is 2. The highest BCUT2D eigenvalue weighted by molar-refractivity contribution is 6.24. The number of nitrogens with two attached hydrogens (primary N) is 1. The number of aliphatic hydroxyl groups is 3. The minimum absolute atomic E-state index is 0.0188. The number of hydrogen-bond acceptors (Lipinski definition) is 8.